The third kappa shape index (κ3) is 5.16. The first-order valence-corrected chi connectivity index (χ1v) is 6.97. The molecule has 0 aliphatic heterocycles. The number of ketones is 1. The Morgan fingerprint density at radius 2 is 1.42 bits per heavy atom. The zero-order valence-electron chi connectivity index (χ0n) is 12.0. The molecular weight excluding hydrogens is 394 g/mol. The van der Waals surface area contributed by atoms with E-state index in [0.717, 1.165) is 43.3 Å². The number of carbonyl (C=O) groups is 1. The van der Waals surface area contributed by atoms with Crippen LogP contribution in [0, 0.1) is 31.9 Å². The van der Waals surface area contributed by atoms with Gasteiger partial charge in [0, 0.05) is 12.1 Å². The number of nitro groups is 2. The molecule has 0 heterocycles. The molecule has 0 saturated heterocycles. The van der Waals surface area contributed by atoms with Gasteiger partial charge in [0.1, 0.15) is 11.6 Å². The number of Topliss-reactive ketones (excluding diaryl/α,β-unsaturated/α-hetero) is 1. The first kappa shape index (κ1) is 19.3. The minimum Gasteiger partial charge on any atom is -0.294 e. The molecule has 126 valence electrons. The van der Waals surface area contributed by atoms with Gasteiger partial charge in [-0.2, -0.15) is 0 Å². The number of rotatable bonds is 3. The lowest BCUT2D eigenvalue weighted by atomic mass is 10.1. The third-order valence-electron chi connectivity index (χ3n) is 2.64. The van der Waals surface area contributed by atoms with Crippen molar-refractivity contribution in [2.75, 3.05) is 0 Å². The molecule has 10 heteroatoms. The summed E-state index contributed by atoms with van der Waals surface area (Å²) in [7, 11) is 0. The molecule has 2 aromatic carbocycles. The van der Waals surface area contributed by atoms with Crippen LogP contribution in [-0.4, -0.2) is 15.6 Å². The second-order valence-corrected chi connectivity index (χ2v) is 5.18. The van der Waals surface area contributed by atoms with Crippen molar-refractivity contribution in [1.29, 1.82) is 0 Å². The Morgan fingerprint density at radius 3 is 1.83 bits per heavy atom. The molecule has 0 spiro atoms. The van der Waals surface area contributed by atoms with Crippen molar-refractivity contribution in [2.24, 2.45) is 0 Å². The van der Waals surface area contributed by atoms with E-state index in [9.17, 15) is 33.8 Å². The summed E-state index contributed by atoms with van der Waals surface area (Å²) in [5.41, 5.74) is -0.703. The molecule has 0 amide bonds. The SMILES string of the molecule is CC(=O)c1cc(F)ccc1[N+](=O)[O-].O=[N+]([O-])c1ccc(F)cc1Br. The molecule has 0 saturated carbocycles. The highest BCUT2D eigenvalue weighted by Gasteiger charge is 2.17. The van der Waals surface area contributed by atoms with Crippen LogP contribution in [0.4, 0.5) is 20.2 Å². The van der Waals surface area contributed by atoms with Gasteiger partial charge in [-0.25, -0.2) is 8.78 Å². The van der Waals surface area contributed by atoms with Crippen LogP contribution in [0.25, 0.3) is 0 Å². The summed E-state index contributed by atoms with van der Waals surface area (Å²) in [6, 6.07) is 6.00. The predicted molar refractivity (Wildman–Crippen MR) is 83.8 cm³/mol. The fourth-order valence-corrected chi connectivity index (χ4v) is 2.07. The molecule has 0 aromatic heterocycles. The summed E-state index contributed by atoms with van der Waals surface area (Å²) in [6.07, 6.45) is 0. The smallest absolute Gasteiger partial charge is 0.283 e. The minimum atomic E-state index is -0.712. The normalized spacial score (nSPS) is 9.67. The predicted octanol–water partition coefficient (Wildman–Crippen LogP) is 4.43. The van der Waals surface area contributed by atoms with E-state index in [1.54, 1.807) is 0 Å². The second kappa shape index (κ2) is 8.20. The number of carbonyl (C=O) groups excluding carboxylic acids is 1. The zero-order valence-corrected chi connectivity index (χ0v) is 13.6. The van der Waals surface area contributed by atoms with Crippen molar-refractivity contribution in [3.8, 4) is 0 Å². The summed E-state index contributed by atoms with van der Waals surface area (Å²) in [4.78, 5) is 30.1. The van der Waals surface area contributed by atoms with Gasteiger partial charge in [0.15, 0.2) is 5.78 Å². The molecule has 2 aromatic rings. The quantitative estimate of drug-likeness (QED) is 0.428. The maximum atomic E-state index is 12.6. The highest BCUT2D eigenvalue weighted by Crippen LogP contribution is 2.24. The van der Waals surface area contributed by atoms with E-state index in [1.165, 1.54) is 0 Å². The highest BCUT2D eigenvalue weighted by molar-refractivity contribution is 9.10. The van der Waals surface area contributed by atoms with E-state index in [-0.39, 0.29) is 21.4 Å². The fourth-order valence-electron chi connectivity index (χ4n) is 1.58. The van der Waals surface area contributed by atoms with Crippen molar-refractivity contribution in [2.45, 2.75) is 6.92 Å². The minimum absolute atomic E-state index is 0.133. The van der Waals surface area contributed by atoms with Crippen LogP contribution < -0.4 is 0 Å². The van der Waals surface area contributed by atoms with Crippen LogP contribution in [0.2, 0.25) is 0 Å². The van der Waals surface area contributed by atoms with Gasteiger partial charge in [-0.15, -0.1) is 0 Å². The number of hydrogen-bond donors (Lipinski definition) is 0. The molecule has 0 aliphatic rings. The molecule has 0 bridgehead atoms. The van der Waals surface area contributed by atoms with Crippen molar-refractivity contribution in [1.82, 2.24) is 0 Å². The molecule has 0 unspecified atom stereocenters. The summed E-state index contributed by atoms with van der Waals surface area (Å²) < 4.78 is 25.1. The number of benzene rings is 2. The average molecular weight is 403 g/mol. The van der Waals surface area contributed by atoms with Gasteiger partial charge in [-0.3, -0.25) is 25.0 Å². The van der Waals surface area contributed by atoms with E-state index >= 15 is 0 Å². The second-order valence-electron chi connectivity index (χ2n) is 4.33. The Labute approximate surface area is 142 Å². The molecule has 2 rings (SSSR count). The highest BCUT2D eigenvalue weighted by atomic mass is 79.9. The monoisotopic (exact) mass is 402 g/mol. The molecule has 24 heavy (non-hydrogen) atoms. The molecule has 0 radical (unpaired) electrons. The number of halogens is 3. The fraction of sp³-hybridized carbons (Fsp3) is 0.0714. The largest absolute Gasteiger partial charge is 0.294 e. The maximum absolute atomic E-state index is 12.6. The first-order valence-electron chi connectivity index (χ1n) is 6.17. The van der Waals surface area contributed by atoms with E-state index in [2.05, 4.69) is 15.9 Å². The lowest BCUT2D eigenvalue weighted by molar-refractivity contribution is -0.385. The van der Waals surface area contributed by atoms with Crippen molar-refractivity contribution in [3.63, 3.8) is 0 Å². The van der Waals surface area contributed by atoms with E-state index in [4.69, 9.17) is 0 Å². The van der Waals surface area contributed by atoms with Gasteiger partial charge < -0.3 is 0 Å². The van der Waals surface area contributed by atoms with E-state index in [0.29, 0.717) is 0 Å². The van der Waals surface area contributed by atoms with Crippen LogP contribution in [0.15, 0.2) is 40.9 Å². The van der Waals surface area contributed by atoms with Gasteiger partial charge in [0.25, 0.3) is 11.4 Å². The third-order valence-corrected chi connectivity index (χ3v) is 3.28. The van der Waals surface area contributed by atoms with Crippen LogP contribution in [0.1, 0.15) is 17.3 Å². The summed E-state index contributed by atoms with van der Waals surface area (Å²) in [6.45, 7) is 1.15. The van der Waals surface area contributed by atoms with E-state index in [1.807, 2.05) is 0 Å². The van der Waals surface area contributed by atoms with Crippen LogP contribution >= 0.6 is 15.9 Å². The lowest BCUT2D eigenvalue weighted by Crippen LogP contribution is -2.00. The number of nitro benzene ring substituents is 2. The molecule has 0 fully saturated rings. The average Bonchev–Trinajstić information content (AvgIpc) is 2.46. The first-order chi connectivity index (χ1) is 11.1. The number of nitrogens with zero attached hydrogens (tertiary/aromatic N) is 2. The Hall–Kier alpha value is -2.75. The van der Waals surface area contributed by atoms with E-state index < -0.39 is 27.3 Å². The molecule has 0 N–H and O–H groups in total. The van der Waals surface area contributed by atoms with Gasteiger partial charge >= 0.3 is 0 Å². The van der Waals surface area contributed by atoms with Crippen LogP contribution in [0.5, 0.6) is 0 Å². The Balaban J connectivity index is 0.000000243. The van der Waals surface area contributed by atoms with Crippen LogP contribution in [-0.2, 0) is 0 Å². The van der Waals surface area contributed by atoms with Gasteiger partial charge in [0.05, 0.1) is 19.9 Å². The van der Waals surface area contributed by atoms with Gasteiger partial charge in [0.2, 0.25) is 0 Å². The molecule has 7 nitrogen and oxygen atoms in total. The summed E-state index contributed by atoms with van der Waals surface area (Å²) in [5.74, 6) is -1.68. The Morgan fingerprint density at radius 1 is 0.958 bits per heavy atom. The lowest BCUT2D eigenvalue weighted by Gasteiger charge is -1.97. The van der Waals surface area contributed by atoms with Crippen LogP contribution in [0.3, 0.4) is 0 Å². The topological polar surface area (TPSA) is 103 Å². The Bertz CT molecular complexity index is 814. The zero-order chi connectivity index (χ0) is 18.4. The van der Waals surface area contributed by atoms with Gasteiger partial charge in [-0.1, -0.05) is 0 Å². The molecule has 0 aliphatic carbocycles. The summed E-state index contributed by atoms with van der Waals surface area (Å²) in [5, 5.41) is 20.6. The molecule has 0 atom stereocenters. The van der Waals surface area contributed by atoms with Crippen molar-refractivity contribution < 1.29 is 23.4 Å². The number of hydrogen-bond acceptors (Lipinski definition) is 5. The Kier molecular flexibility index (Phi) is 6.59. The standard InChI is InChI=1S/C8H6FNO3.C6H3BrFNO2/c1-5(11)7-4-6(9)2-3-8(7)10(12)13;7-5-3-4(8)1-2-6(5)9(10)11/h2-4H,1H3;1-3H. The van der Waals surface area contributed by atoms with Crippen molar-refractivity contribution in [3.05, 3.63) is 78.3 Å². The maximum Gasteiger partial charge on any atom is 0.283 e. The van der Waals surface area contributed by atoms with Gasteiger partial charge in [-0.05, 0) is 47.1 Å². The summed E-state index contributed by atoms with van der Waals surface area (Å²) >= 11 is 2.87. The molecular formula is C14H9BrF2N2O5. The van der Waals surface area contributed by atoms with Crippen molar-refractivity contribution >= 4 is 33.1 Å².